The Bertz CT molecular complexity index is 1150. The highest BCUT2D eigenvalue weighted by atomic mass is 16.5. The van der Waals surface area contributed by atoms with Gasteiger partial charge in [0.25, 0.3) is 0 Å². The summed E-state index contributed by atoms with van der Waals surface area (Å²) in [5, 5.41) is 6.43. The van der Waals surface area contributed by atoms with Crippen LogP contribution >= 0.6 is 0 Å². The highest BCUT2D eigenvalue weighted by Crippen LogP contribution is 2.31. The van der Waals surface area contributed by atoms with Gasteiger partial charge in [-0.1, -0.05) is 60.7 Å². The number of pyridine rings is 1. The van der Waals surface area contributed by atoms with Gasteiger partial charge in [-0.2, -0.15) is 0 Å². The highest BCUT2D eigenvalue weighted by Gasteiger charge is 2.26. The Morgan fingerprint density at radius 2 is 1.83 bits per heavy atom. The third-order valence-corrected chi connectivity index (χ3v) is 6.54. The molecule has 0 fully saturated rings. The van der Waals surface area contributed by atoms with E-state index in [-0.39, 0.29) is 17.9 Å². The van der Waals surface area contributed by atoms with E-state index in [2.05, 4.69) is 28.8 Å². The number of urea groups is 1. The van der Waals surface area contributed by atoms with E-state index in [1.807, 2.05) is 59.5 Å². The Kier molecular flexibility index (Phi) is 8.92. The van der Waals surface area contributed by atoms with Crippen LogP contribution in [-0.4, -0.2) is 42.1 Å². The third-order valence-electron chi connectivity index (χ3n) is 6.54. The van der Waals surface area contributed by atoms with Crippen LogP contribution in [0.4, 0.5) is 10.6 Å². The molecule has 2 N–H and O–H groups in total. The number of carbonyl (C=O) groups excluding carboxylic acids is 2. The standard InChI is InChI=1S/C29H34N4O3/c1-36-28(34)19-23-16-18-33(21-24-11-5-6-14-26(23)24)29(35)30-17-8-13-25-12-7-15-27(32-25)31-20-22-9-3-2-4-10-22/h2-7,9-12,14-15,23H,8,13,16-21H2,1H3,(H,30,35)(H,31,32). The predicted molar refractivity (Wildman–Crippen MR) is 141 cm³/mol. The first kappa shape index (κ1) is 25.2. The summed E-state index contributed by atoms with van der Waals surface area (Å²) in [5.74, 6) is 0.686. The summed E-state index contributed by atoms with van der Waals surface area (Å²) in [6.45, 7) is 2.44. The summed E-state index contributed by atoms with van der Waals surface area (Å²) in [7, 11) is 1.41. The fraction of sp³-hybridized carbons (Fsp3) is 0.345. The van der Waals surface area contributed by atoms with Crippen molar-refractivity contribution in [3.63, 3.8) is 0 Å². The maximum Gasteiger partial charge on any atom is 0.317 e. The van der Waals surface area contributed by atoms with Crippen molar-refractivity contribution in [3.8, 4) is 0 Å². The van der Waals surface area contributed by atoms with Crippen LogP contribution in [0.5, 0.6) is 0 Å². The molecule has 0 radical (unpaired) electrons. The van der Waals surface area contributed by atoms with E-state index in [1.165, 1.54) is 12.7 Å². The second-order valence-corrected chi connectivity index (χ2v) is 9.08. The maximum absolute atomic E-state index is 12.9. The molecule has 2 aromatic carbocycles. The molecule has 0 bridgehead atoms. The molecule has 7 heteroatoms. The Balaban J connectivity index is 1.25. The number of methoxy groups -OCH3 is 1. The molecule has 188 valence electrons. The van der Waals surface area contributed by atoms with Gasteiger partial charge in [-0.25, -0.2) is 9.78 Å². The number of hydrogen-bond donors (Lipinski definition) is 2. The topological polar surface area (TPSA) is 83.6 Å². The summed E-state index contributed by atoms with van der Waals surface area (Å²) < 4.78 is 4.89. The van der Waals surface area contributed by atoms with Crippen LogP contribution in [0.3, 0.4) is 0 Å². The lowest BCUT2D eigenvalue weighted by molar-refractivity contribution is -0.141. The molecule has 4 rings (SSSR count). The fourth-order valence-electron chi connectivity index (χ4n) is 4.58. The minimum absolute atomic E-state index is 0.0558. The van der Waals surface area contributed by atoms with Crippen molar-refractivity contribution in [2.24, 2.45) is 0 Å². The zero-order valence-corrected chi connectivity index (χ0v) is 20.8. The number of anilines is 1. The molecule has 36 heavy (non-hydrogen) atoms. The molecule has 0 spiro atoms. The SMILES string of the molecule is COC(=O)CC1CCN(C(=O)NCCCc2cccc(NCc3ccccc3)n2)Cc2ccccc21. The first-order chi connectivity index (χ1) is 17.6. The normalized spacial score (nSPS) is 14.9. The number of ether oxygens (including phenoxy) is 1. The fourth-order valence-corrected chi connectivity index (χ4v) is 4.58. The van der Waals surface area contributed by atoms with E-state index < -0.39 is 0 Å². The molecule has 1 aliphatic rings. The van der Waals surface area contributed by atoms with Crippen molar-refractivity contribution in [3.05, 3.63) is 95.2 Å². The molecule has 1 atom stereocenters. The molecule has 2 amide bonds. The third kappa shape index (κ3) is 7.07. The average molecular weight is 487 g/mol. The molecule has 0 saturated heterocycles. The molecule has 7 nitrogen and oxygen atoms in total. The van der Waals surface area contributed by atoms with Crippen LogP contribution < -0.4 is 10.6 Å². The van der Waals surface area contributed by atoms with E-state index in [4.69, 9.17) is 9.72 Å². The van der Waals surface area contributed by atoms with Gasteiger partial charge in [-0.3, -0.25) is 4.79 Å². The maximum atomic E-state index is 12.9. The Hall–Kier alpha value is -3.87. The second kappa shape index (κ2) is 12.7. The monoisotopic (exact) mass is 486 g/mol. The number of aryl methyl sites for hydroxylation is 1. The zero-order chi connectivity index (χ0) is 25.2. The van der Waals surface area contributed by atoms with Crippen LogP contribution in [0.1, 0.15) is 47.6 Å². The van der Waals surface area contributed by atoms with Crippen molar-refractivity contribution in [2.75, 3.05) is 25.5 Å². The van der Waals surface area contributed by atoms with Crippen molar-refractivity contribution in [1.82, 2.24) is 15.2 Å². The second-order valence-electron chi connectivity index (χ2n) is 9.08. The predicted octanol–water partition coefficient (Wildman–Crippen LogP) is 4.89. The van der Waals surface area contributed by atoms with E-state index >= 15 is 0 Å². The van der Waals surface area contributed by atoms with E-state index in [0.29, 0.717) is 26.1 Å². The Labute approximate surface area is 212 Å². The summed E-state index contributed by atoms with van der Waals surface area (Å²) in [5.41, 5.74) is 4.42. The number of nitrogens with one attached hydrogen (secondary N) is 2. The lowest BCUT2D eigenvalue weighted by Gasteiger charge is -2.21. The molecule has 2 heterocycles. The molecular formula is C29H34N4O3. The van der Waals surface area contributed by atoms with Gasteiger partial charge >= 0.3 is 12.0 Å². The Morgan fingerprint density at radius 1 is 1.03 bits per heavy atom. The largest absolute Gasteiger partial charge is 0.469 e. The van der Waals surface area contributed by atoms with Crippen LogP contribution in [0, 0.1) is 0 Å². The molecule has 1 unspecified atom stereocenters. The van der Waals surface area contributed by atoms with Gasteiger partial charge in [0, 0.05) is 31.9 Å². The first-order valence-electron chi connectivity index (χ1n) is 12.5. The Morgan fingerprint density at radius 3 is 2.67 bits per heavy atom. The highest BCUT2D eigenvalue weighted by molar-refractivity contribution is 5.74. The van der Waals surface area contributed by atoms with Crippen LogP contribution in [-0.2, 0) is 29.0 Å². The van der Waals surface area contributed by atoms with E-state index in [1.54, 1.807) is 0 Å². The number of amides is 2. The van der Waals surface area contributed by atoms with Gasteiger partial charge in [0.1, 0.15) is 5.82 Å². The smallest absolute Gasteiger partial charge is 0.317 e. The van der Waals surface area contributed by atoms with Gasteiger partial charge in [-0.15, -0.1) is 0 Å². The number of nitrogens with zero attached hydrogens (tertiary/aromatic N) is 2. The average Bonchev–Trinajstić information content (AvgIpc) is 3.10. The molecule has 0 saturated carbocycles. The minimum Gasteiger partial charge on any atom is -0.469 e. The van der Waals surface area contributed by atoms with E-state index in [0.717, 1.165) is 48.4 Å². The van der Waals surface area contributed by atoms with Gasteiger partial charge in [0.2, 0.25) is 0 Å². The number of fused-ring (bicyclic) bond motifs is 1. The van der Waals surface area contributed by atoms with Crippen LogP contribution in [0.25, 0.3) is 0 Å². The van der Waals surface area contributed by atoms with Gasteiger partial charge in [-0.05, 0) is 54.0 Å². The van der Waals surface area contributed by atoms with Crippen LogP contribution in [0.15, 0.2) is 72.8 Å². The summed E-state index contributed by atoms with van der Waals surface area (Å²) in [4.78, 5) is 31.4. The van der Waals surface area contributed by atoms with Crippen molar-refractivity contribution < 1.29 is 14.3 Å². The number of carbonyl (C=O) groups is 2. The number of rotatable bonds is 9. The summed E-state index contributed by atoms with van der Waals surface area (Å²) >= 11 is 0. The lowest BCUT2D eigenvalue weighted by Crippen LogP contribution is -2.40. The molecule has 1 aliphatic heterocycles. The zero-order valence-electron chi connectivity index (χ0n) is 20.8. The lowest BCUT2D eigenvalue weighted by atomic mass is 9.90. The van der Waals surface area contributed by atoms with Crippen molar-refractivity contribution >= 4 is 17.8 Å². The van der Waals surface area contributed by atoms with Crippen LogP contribution in [0.2, 0.25) is 0 Å². The quantitative estimate of drug-likeness (QED) is 0.332. The van der Waals surface area contributed by atoms with Crippen molar-refractivity contribution in [2.45, 2.75) is 44.7 Å². The van der Waals surface area contributed by atoms with Gasteiger partial charge in [0.15, 0.2) is 0 Å². The number of esters is 1. The minimum atomic E-state index is -0.222. The summed E-state index contributed by atoms with van der Waals surface area (Å²) in [6.07, 6.45) is 2.64. The molecule has 3 aromatic rings. The number of benzene rings is 2. The molecule has 1 aromatic heterocycles. The van der Waals surface area contributed by atoms with E-state index in [9.17, 15) is 9.59 Å². The summed E-state index contributed by atoms with van der Waals surface area (Å²) in [6, 6.07) is 24.2. The first-order valence-corrected chi connectivity index (χ1v) is 12.5. The van der Waals surface area contributed by atoms with Gasteiger partial charge in [0.05, 0.1) is 13.5 Å². The van der Waals surface area contributed by atoms with Crippen molar-refractivity contribution in [1.29, 1.82) is 0 Å². The van der Waals surface area contributed by atoms with Gasteiger partial charge < -0.3 is 20.3 Å². The molecular weight excluding hydrogens is 452 g/mol. The number of hydrogen-bond acceptors (Lipinski definition) is 5. The number of aromatic nitrogens is 1. The molecule has 0 aliphatic carbocycles.